The third-order valence-electron chi connectivity index (χ3n) is 4.45. The van der Waals surface area contributed by atoms with Crippen molar-refractivity contribution < 1.29 is 12.6 Å². The second-order valence-corrected chi connectivity index (χ2v) is 9.53. The summed E-state index contributed by atoms with van der Waals surface area (Å²) in [6, 6.07) is 24.7. The molecule has 0 aromatic heterocycles. The van der Waals surface area contributed by atoms with Gasteiger partial charge in [-0.15, -0.1) is 0 Å². The molecule has 3 nitrogen and oxygen atoms in total. The Morgan fingerprint density at radius 3 is 1.96 bits per heavy atom. The van der Waals surface area contributed by atoms with Crippen molar-refractivity contribution in [2.75, 3.05) is 6.61 Å². The Labute approximate surface area is 169 Å². The van der Waals surface area contributed by atoms with Gasteiger partial charge in [-0.1, -0.05) is 84.4 Å². The highest BCUT2D eigenvalue weighted by molar-refractivity contribution is 9.10. The van der Waals surface area contributed by atoms with E-state index in [1.165, 1.54) is 12.1 Å². The molecular formula is C22H21BrO3S. The second kappa shape index (κ2) is 7.97. The zero-order valence-electron chi connectivity index (χ0n) is 15.2. The van der Waals surface area contributed by atoms with Crippen LogP contribution in [0.25, 0.3) is 11.1 Å². The Morgan fingerprint density at radius 1 is 0.815 bits per heavy atom. The van der Waals surface area contributed by atoms with Crippen molar-refractivity contribution in [3.05, 3.63) is 88.9 Å². The van der Waals surface area contributed by atoms with E-state index < -0.39 is 15.5 Å². The monoisotopic (exact) mass is 444 g/mol. The minimum absolute atomic E-state index is 0.0656. The van der Waals surface area contributed by atoms with Gasteiger partial charge in [-0.3, -0.25) is 4.18 Å². The van der Waals surface area contributed by atoms with Crippen LogP contribution in [-0.4, -0.2) is 15.0 Å². The number of rotatable bonds is 6. The zero-order chi connectivity index (χ0) is 19.5. The van der Waals surface area contributed by atoms with Crippen LogP contribution < -0.4 is 0 Å². The molecule has 0 unspecified atom stereocenters. The van der Waals surface area contributed by atoms with Crippen LogP contribution in [0.3, 0.4) is 0 Å². The van der Waals surface area contributed by atoms with Gasteiger partial charge in [-0.25, -0.2) is 0 Å². The van der Waals surface area contributed by atoms with Gasteiger partial charge in [-0.2, -0.15) is 8.42 Å². The molecule has 0 aliphatic heterocycles. The fourth-order valence-corrected chi connectivity index (χ4v) is 4.04. The van der Waals surface area contributed by atoms with Gasteiger partial charge >= 0.3 is 0 Å². The van der Waals surface area contributed by atoms with Gasteiger partial charge in [0.15, 0.2) is 0 Å². The Morgan fingerprint density at radius 2 is 1.37 bits per heavy atom. The molecule has 0 bridgehead atoms. The average Bonchev–Trinajstić information content (AvgIpc) is 2.68. The van der Waals surface area contributed by atoms with Crippen molar-refractivity contribution in [1.82, 2.24) is 0 Å². The first-order chi connectivity index (χ1) is 12.8. The molecule has 0 radical (unpaired) electrons. The average molecular weight is 445 g/mol. The van der Waals surface area contributed by atoms with Gasteiger partial charge in [0.2, 0.25) is 0 Å². The summed E-state index contributed by atoms with van der Waals surface area (Å²) in [7, 11) is -3.79. The first-order valence-corrected chi connectivity index (χ1v) is 10.8. The Kier molecular flexibility index (Phi) is 5.84. The van der Waals surface area contributed by atoms with Gasteiger partial charge in [-0.05, 0) is 41.0 Å². The van der Waals surface area contributed by atoms with Gasteiger partial charge in [0.05, 0.1) is 11.5 Å². The predicted octanol–water partition coefficient (Wildman–Crippen LogP) is 5.80. The smallest absolute Gasteiger partial charge is 0.265 e. The van der Waals surface area contributed by atoms with Crippen LogP contribution in [0.2, 0.25) is 0 Å². The van der Waals surface area contributed by atoms with E-state index in [9.17, 15) is 8.42 Å². The molecule has 3 rings (SSSR count). The van der Waals surface area contributed by atoms with E-state index in [0.717, 1.165) is 21.2 Å². The summed E-state index contributed by atoms with van der Waals surface area (Å²) in [6.07, 6.45) is 0. The number of hydrogen-bond donors (Lipinski definition) is 0. The van der Waals surface area contributed by atoms with Crippen LogP contribution in [0.1, 0.15) is 19.4 Å². The molecule has 0 N–H and O–H groups in total. The van der Waals surface area contributed by atoms with Gasteiger partial charge < -0.3 is 0 Å². The fourth-order valence-electron chi connectivity index (χ4n) is 2.72. The van der Waals surface area contributed by atoms with Crippen molar-refractivity contribution in [2.45, 2.75) is 24.2 Å². The van der Waals surface area contributed by atoms with Crippen LogP contribution in [0.15, 0.2) is 88.2 Å². The maximum Gasteiger partial charge on any atom is 0.297 e. The Bertz CT molecular complexity index is 994. The minimum atomic E-state index is -3.79. The van der Waals surface area contributed by atoms with Crippen molar-refractivity contribution in [2.24, 2.45) is 0 Å². The van der Waals surface area contributed by atoms with E-state index in [0.29, 0.717) is 0 Å². The molecular weight excluding hydrogens is 424 g/mol. The summed E-state index contributed by atoms with van der Waals surface area (Å²) >= 11 is 3.30. The summed E-state index contributed by atoms with van der Waals surface area (Å²) in [5.74, 6) is 0. The molecule has 3 aromatic carbocycles. The van der Waals surface area contributed by atoms with Crippen LogP contribution in [0.5, 0.6) is 0 Å². The molecule has 0 heterocycles. The van der Waals surface area contributed by atoms with Gasteiger partial charge in [0.1, 0.15) is 0 Å². The maximum absolute atomic E-state index is 12.4. The van der Waals surface area contributed by atoms with Crippen LogP contribution >= 0.6 is 15.9 Å². The van der Waals surface area contributed by atoms with E-state index >= 15 is 0 Å². The molecule has 0 fully saturated rings. The molecule has 0 saturated carbocycles. The van der Waals surface area contributed by atoms with Gasteiger partial charge in [0, 0.05) is 9.89 Å². The van der Waals surface area contributed by atoms with E-state index in [-0.39, 0.29) is 11.5 Å². The summed E-state index contributed by atoms with van der Waals surface area (Å²) in [5, 5.41) is 0. The standard InChI is InChI=1S/C22H21BrO3S/c1-22(2,16-26-27(24,25)21-14-12-20(23)13-15-21)19-10-8-18(9-11-19)17-6-4-3-5-7-17/h3-15H,16H2,1-2H3. The van der Waals surface area contributed by atoms with E-state index in [1.54, 1.807) is 12.1 Å². The lowest BCUT2D eigenvalue weighted by Crippen LogP contribution is -2.26. The highest BCUT2D eigenvalue weighted by atomic mass is 79.9. The number of benzene rings is 3. The molecule has 0 atom stereocenters. The first-order valence-electron chi connectivity index (χ1n) is 8.59. The Hall–Kier alpha value is -1.95. The van der Waals surface area contributed by atoms with Crippen LogP contribution in [0, 0.1) is 0 Å². The lowest BCUT2D eigenvalue weighted by atomic mass is 9.85. The molecule has 140 valence electrons. The van der Waals surface area contributed by atoms with E-state index in [4.69, 9.17) is 4.18 Å². The normalized spacial score (nSPS) is 12.1. The lowest BCUT2D eigenvalue weighted by Gasteiger charge is -2.25. The summed E-state index contributed by atoms with van der Waals surface area (Å²) in [4.78, 5) is 0.154. The predicted molar refractivity (Wildman–Crippen MR) is 112 cm³/mol. The second-order valence-electron chi connectivity index (χ2n) is 7.00. The summed E-state index contributed by atoms with van der Waals surface area (Å²) in [6.45, 7) is 4.01. The SMILES string of the molecule is CC(C)(COS(=O)(=O)c1ccc(Br)cc1)c1ccc(-c2ccccc2)cc1. The zero-order valence-corrected chi connectivity index (χ0v) is 17.6. The highest BCUT2D eigenvalue weighted by Gasteiger charge is 2.25. The Balaban J connectivity index is 1.73. The van der Waals surface area contributed by atoms with E-state index in [1.807, 2.05) is 44.2 Å². The molecule has 0 saturated heterocycles. The van der Waals surface area contributed by atoms with E-state index in [2.05, 4.69) is 40.2 Å². The molecule has 0 amide bonds. The van der Waals surface area contributed by atoms with Crippen molar-refractivity contribution >= 4 is 26.0 Å². The molecule has 0 aliphatic rings. The van der Waals surface area contributed by atoms with Crippen molar-refractivity contribution in [3.63, 3.8) is 0 Å². The fraction of sp³-hybridized carbons (Fsp3) is 0.182. The number of hydrogen-bond acceptors (Lipinski definition) is 3. The molecule has 0 spiro atoms. The van der Waals surface area contributed by atoms with Crippen molar-refractivity contribution in [3.8, 4) is 11.1 Å². The number of halogens is 1. The summed E-state index contributed by atoms with van der Waals surface area (Å²) < 4.78 is 31.0. The maximum atomic E-state index is 12.4. The topological polar surface area (TPSA) is 43.4 Å². The minimum Gasteiger partial charge on any atom is -0.265 e. The largest absolute Gasteiger partial charge is 0.297 e. The molecule has 5 heteroatoms. The van der Waals surface area contributed by atoms with Crippen molar-refractivity contribution in [1.29, 1.82) is 0 Å². The third kappa shape index (κ3) is 4.86. The third-order valence-corrected chi connectivity index (χ3v) is 6.26. The van der Waals surface area contributed by atoms with Gasteiger partial charge in [0.25, 0.3) is 10.1 Å². The molecule has 0 aliphatic carbocycles. The lowest BCUT2D eigenvalue weighted by molar-refractivity contribution is 0.246. The quantitative estimate of drug-likeness (QED) is 0.451. The molecule has 3 aromatic rings. The van der Waals surface area contributed by atoms with Crippen LogP contribution in [0.4, 0.5) is 0 Å². The summed E-state index contributed by atoms with van der Waals surface area (Å²) in [5.41, 5.74) is 2.85. The molecule has 27 heavy (non-hydrogen) atoms. The highest BCUT2D eigenvalue weighted by Crippen LogP contribution is 2.28. The van der Waals surface area contributed by atoms with Crippen LogP contribution in [-0.2, 0) is 19.7 Å². The first kappa shape index (κ1) is 19.8.